The lowest BCUT2D eigenvalue weighted by atomic mass is 10.3. The van der Waals surface area contributed by atoms with Crippen LogP contribution in [0.4, 0.5) is 17.6 Å². The molecule has 3 aromatic rings. The number of nitrogens with zero attached hydrogens (tertiary/aromatic N) is 3. The number of alkyl halides is 3. The summed E-state index contributed by atoms with van der Waals surface area (Å²) in [5.41, 5.74) is 1.07. The molecule has 0 saturated carbocycles. The van der Waals surface area contributed by atoms with Crippen LogP contribution in [-0.2, 0) is 19.4 Å². The van der Waals surface area contributed by atoms with Crippen molar-refractivity contribution >= 4 is 11.1 Å². The van der Waals surface area contributed by atoms with Gasteiger partial charge in [0.05, 0.1) is 12.2 Å². The summed E-state index contributed by atoms with van der Waals surface area (Å²) in [4.78, 5) is 4.07. The van der Waals surface area contributed by atoms with Gasteiger partial charge in [0.1, 0.15) is 11.3 Å². The maximum Gasteiger partial charge on any atom is 0.504 e. The molecular weight excluding hydrogens is 304 g/mol. The molecule has 0 unspecified atom stereocenters. The Hall–Kier alpha value is -2.42. The van der Waals surface area contributed by atoms with Crippen molar-refractivity contribution in [3.8, 4) is 0 Å². The van der Waals surface area contributed by atoms with E-state index in [1.807, 2.05) is 0 Å². The maximum atomic E-state index is 13.0. The van der Waals surface area contributed by atoms with Gasteiger partial charge in [0.25, 0.3) is 0 Å². The molecule has 116 valence electrons. The first-order chi connectivity index (χ1) is 10.4. The third-order valence-electron chi connectivity index (χ3n) is 2.88. The second-order valence-electron chi connectivity index (χ2n) is 4.54. The molecule has 5 nitrogen and oxygen atoms in total. The monoisotopic (exact) mass is 314 g/mol. The standard InChI is InChI=1S/C13H10F4N4O/c14-8-1-2-11-10(5-8)19-12(22-11)7-18-6-9-3-4-21(20-9)13(15,16)17/h1-5,18H,6-7H2. The Labute approximate surface area is 121 Å². The quantitative estimate of drug-likeness (QED) is 0.752. The second-order valence-corrected chi connectivity index (χ2v) is 4.54. The number of fused-ring (bicyclic) bond motifs is 1. The highest BCUT2D eigenvalue weighted by molar-refractivity contribution is 5.72. The van der Waals surface area contributed by atoms with E-state index in [9.17, 15) is 17.6 Å². The molecule has 0 aliphatic carbocycles. The average Bonchev–Trinajstić information content (AvgIpc) is 3.04. The van der Waals surface area contributed by atoms with Crippen LogP contribution in [0, 0.1) is 5.82 Å². The summed E-state index contributed by atoms with van der Waals surface area (Å²) in [5, 5.41) is 6.26. The van der Waals surface area contributed by atoms with Gasteiger partial charge in [-0.15, -0.1) is 13.2 Å². The van der Waals surface area contributed by atoms with Gasteiger partial charge in [-0.3, -0.25) is 0 Å². The highest BCUT2D eigenvalue weighted by atomic mass is 19.4. The summed E-state index contributed by atoms with van der Waals surface area (Å²) < 4.78 is 55.4. The van der Waals surface area contributed by atoms with Crippen molar-refractivity contribution < 1.29 is 22.0 Å². The fourth-order valence-corrected chi connectivity index (χ4v) is 1.92. The number of oxazole rings is 1. The molecule has 0 radical (unpaired) electrons. The lowest BCUT2D eigenvalue weighted by Gasteiger charge is -2.04. The Morgan fingerprint density at radius 2 is 2.00 bits per heavy atom. The average molecular weight is 314 g/mol. The van der Waals surface area contributed by atoms with Crippen LogP contribution in [0.5, 0.6) is 0 Å². The van der Waals surface area contributed by atoms with E-state index < -0.39 is 12.1 Å². The minimum Gasteiger partial charge on any atom is -0.439 e. The van der Waals surface area contributed by atoms with Gasteiger partial charge >= 0.3 is 6.30 Å². The molecule has 3 rings (SSSR count). The van der Waals surface area contributed by atoms with E-state index in [2.05, 4.69) is 15.4 Å². The van der Waals surface area contributed by atoms with Gasteiger partial charge < -0.3 is 9.73 Å². The van der Waals surface area contributed by atoms with Crippen LogP contribution >= 0.6 is 0 Å². The van der Waals surface area contributed by atoms with Crippen LogP contribution in [0.2, 0.25) is 0 Å². The molecule has 0 amide bonds. The molecule has 2 aromatic heterocycles. The molecule has 0 aliphatic heterocycles. The Kier molecular flexibility index (Phi) is 3.57. The first-order valence-corrected chi connectivity index (χ1v) is 6.29. The zero-order valence-electron chi connectivity index (χ0n) is 11.1. The first-order valence-electron chi connectivity index (χ1n) is 6.29. The van der Waals surface area contributed by atoms with E-state index in [1.165, 1.54) is 24.3 Å². The third-order valence-corrected chi connectivity index (χ3v) is 2.88. The number of benzene rings is 1. The number of hydrogen-bond donors (Lipinski definition) is 1. The fourth-order valence-electron chi connectivity index (χ4n) is 1.92. The van der Waals surface area contributed by atoms with Crippen LogP contribution < -0.4 is 5.32 Å². The summed E-state index contributed by atoms with van der Waals surface area (Å²) in [6.45, 7) is 0.311. The van der Waals surface area contributed by atoms with Crippen LogP contribution in [0.1, 0.15) is 11.6 Å². The van der Waals surface area contributed by atoms with Gasteiger partial charge in [-0.2, -0.15) is 9.78 Å². The minimum atomic E-state index is -4.53. The van der Waals surface area contributed by atoms with Gasteiger partial charge in [0.2, 0.25) is 5.89 Å². The van der Waals surface area contributed by atoms with Crippen molar-refractivity contribution in [3.63, 3.8) is 0 Å². The molecule has 22 heavy (non-hydrogen) atoms. The Morgan fingerprint density at radius 3 is 2.73 bits per heavy atom. The second kappa shape index (κ2) is 5.41. The highest BCUT2D eigenvalue weighted by Gasteiger charge is 2.31. The molecule has 9 heteroatoms. The van der Waals surface area contributed by atoms with E-state index in [1.54, 1.807) is 0 Å². The summed E-state index contributed by atoms with van der Waals surface area (Å²) >= 11 is 0. The van der Waals surface area contributed by atoms with E-state index in [-0.39, 0.29) is 23.5 Å². The third kappa shape index (κ3) is 3.08. The topological polar surface area (TPSA) is 55.9 Å². The SMILES string of the molecule is Fc1ccc2oc(CNCc3ccn(C(F)(F)F)n3)nc2c1. The normalized spacial score (nSPS) is 12.2. The number of aromatic nitrogens is 3. The van der Waals surface area contributed by atoms with Crippen LogP contribution in [0.3, 0.4) is 0 Å². The zero-order valence-corrected chi connectivity index (χ0v) is 11.1. The van der Waals surface area contributed by atoms with Crippen molar-refractivity contribution in [3.05, 3.63) is 47.9 Å². The van der Waals surface area contributed by atoms with E-state index >= 15 is 0 Å². The highest BCUT2D eigenvalue weighted by Crippen LogP contribution is 2.21. The lowest BCUT2D eigenvalue weighted by Crippen LogP contribution is -2.18. The van der Waals surface area contributed by atoms with Crippen LogP contribution in [-0.4, -0.2) is 14.8 Å². The number of hydrogen-bond acceptors (Lipinski definition) is 4. The maximum absolute atomic E-state index is 13.0. The molecule has 0 fully saturated rings. The van der Waals surface area contributed by atoms with E-state index in [0.717, 1.165) is 6.20 Å². The molecule has 2 heterocycles. The van der Waals surface area contributed by atoms with Gasteiger partial charge in [0, 0.05) is 18.8 Å². The summed E-state index contributed by atoms with van der Waals surface area (Å²) in [6.07, 6.45) is -3.68. The predicted molar refractivity (Wildman–Crippen MR) is 68.0 cm³/mol. The molecule has 0 bridgehead atoms. The van der Waals surface area contributed by atoms with E-state index in [0.29, 0.717) is 17.0 Å². The molecule has 1 aromatic carbocycles. The molecule has 1 N–H and O–H groups in total. The Morgan fingerprint density at radius 1 is 1.18 bits per heavy atom. The van der Waals surface area contributed by atoms with Gasteiger partial charge in [-0.1, -0.05) is 0 Å². The Balaban J connectivity index is 1.61. The number of rotatable bonds is 4. The predicted octanol–water partition coefficient (Wildman–Crippen LogP) is 2.93. The smallest absolute Gasteiger partial charge is 0.439 e. The van der Waals surface area contributed by atoms with Crippen LogP contribution in [0.15, 0.2) is 34.9 Å². The summed E-state index contributed by atoms with van der Waals surface area (Å²) in [5.74, 6) is -0.103. The molecule has 0 atom stereocenters. The van der Waals surface area contributed by atoms with Crippen LogP contribution in [0.25, 0.3) is 11.1 Å². The van der Waals surface area contributed by atoms with Gasteiger partial charge in [-0.25, -0.2) is 9.37 Å². The van der Waals surface area contributed by atoms with Crippen molar-refractivity contribution in [2.24, 2.45) is 0 Å². The van der Waals surface area contributed by atoms with Crippen molar-refractivity contribution in [2.75, 3.05) is 0 Å². The molecule has 0 saturated heterocycles. The van der Waals surface area contributed by atoms with Crippen molar-refractivity contribution in [1.29, 1.82) is 0 Å². The summed E-state index contributed by atoms with van der Waals surface area (Å²) in [7, 11) is 0. The largest absolute Gasteiger partial charge is 0.504 e. The number of nitrogens with one attached hydrogen (secondary N) is 1. The molecule has 0 spiro atoms. The first kappa shape index (κ1) is 14.5. The van der Waals surface area contributed by atoms with E-state index in [4.69, 9.17) is 4.42 Å². The Bertz CT molecular complexity index is 793. The molecular formula is C13H10F4N4O. The molecule has 0 aliphatic rings. The van der Waals surface area contributed by atoms with Crippen molar-refractivity contribution in [2.45, 2.75) is 19.4 Å². The number of halogens is 4. The summed E-state index contributed by atoms with van der Waals surface area (Å²) in [6, 6.07) is 5.23. The van der Waals surface area contributed by atoms with Gasteiger partial charge in [-0.05, 0) is 18.2 Å². The fraction of sp³-hybridized carbons (Fsp3) is 0.231. The zero-order chi connectivity index (χ0) is 15.7. The lowest BCUT2D eigenvalue weighted by molar-refractivity contribution is -0.212. The van der Waals surface area contributed by atoms with Crippen molar-refractivity contribution in [1.82, 2.24) is 20.1 Å². The van der Waals surface area contributed by atoms with Gasteiger partial charge in [0.15, 0.2) is 5.58 Å². The minimum absolute atomic E-state index is 0.0633.